The van der Waals surface area contributed by atoms with Crippen molar-refractivity contribution in [3.8, 4) is 0 Å². The summed E-state index contributed by atoms with van der Waals surface area (Å²) in [5.74, 6) is -0.466. The van der Waals surface area contributed by atoms with Gasteiger partial charge in [0.2, 0.25) is 9.84 Å². The lowest BCUT2D eigenvalue weighted by molar-refractivity contribution is 0.332. The number of fused-ring (bicyclic) bond motifs is 1. The van der Waals surface area contributed by atoms with Gasteiger partial charge in [-0.25, -0.2) is 12.8 Å². The molecule has 4 nitrogen and oxygen atoms in total. The van der Waals surface area contributed by atoms with Crippen molar-refractivity contribution in [2.24, 2.45) is 0 Å². The number of benzene rings is 2. The van der Waals surface area contributed by atoms with Gasteiger partial charge in [0.15, 0.2) is 0 Å². The lowest BCUT2D eigenvalue weighted by Gasteiger charge is -2.16. The van der Waals surface area contributed by atoms with E-state index in [4.69, 9.17) is 0 Å². The van der Waals surface area contributed by atoms with Crippen LogP contribution in [-0.2, 0) is 16.4 Å². The van der Waals surface area contributed by atoms with E-state index in [1.807, 2.05) is 18.2 Å². The summed E-state index contributed by atoms with van der Waals surface area (Å²) < 4.78 is 38.6. The molecule has 2 heterocycles. The molecule has 0 unspecified atom stereocenters. The molecule has 142 valence electrons. The van der Waals surface area contributed by atoms with Gasteiger partial charge in [-0.15, -0.1) is 12.4 Å². The molecular weight excluding hydrogens is 387 g/mol. The smallest absolute Gasteiger partial charge is 0.208 e. The molecular formula is C20H20ClFN2O2S. The Morgan fingerprint density at radius 1 is 1.00 bits per heavy atom. The zero-order valence-electron chi connectivity index (χ0n) is 14.6. The molecule has 1 aromatic heterocycles. The molecule has 7 heteroatoms. The van der Waals surface area contributed by atoms with Gasteiger partial charge in [-0.2, -0.15) is 0 Å². The second kappa shape index (κ2) is 7.92. The molecule has 0 N–H and O–H groups in total. The highest BCUT2D eigenvalue weighted by molar-refractivity contribution is 7.91. The molecule has 0 saturated carbocycles. The minimum absolute atomic E-state index is 0. The van der Waals surface area contributed by atoms with E-state index in [2.05, 4.69) is 9.88 Å². The van der Waals surface area contributed by atoms with Crippen LogP contribution in [0.4, 0.5) is 4.39 Å². The Bertz CT molecular complexity index is 1050. The van der Waals surface area contributed by atoms with Gasteiger partial charge in [0, 0.05) is 18.1 Å². The maximum absolute atomic E-state index is 13.1. The van der Waals surface area contributed by atoms with Crippen LogP contribution in [0.25, 0.3) is 10.9 Å². The summed E-state index contributed by atoms with van der Waals surface area (Å²) in [6, 6.07) is 12.3. The van der Waals surface area contributed by atoms with Crippen molar-refractivity contribution in [3.05, 3.63) is 66.1 Å². The predicted molar refractivity (Wildman–Crippen MR) is 105 cm³/mol. The third-order valence-corrected chi connectivity index (χ3v) is 6.53. The molecule has 0 bridgehead atoms. The number of halogens is 2. The highest BCUT2D eigenvalue weighted by atomic mass is 35.5. The van der Waals surface area contributed by atoms with Crippen LogP contribution < -0.4 is 0 Å². The van der Waals surface area contributed by atoms with E-state index >= 15 is 0 Å². The van der Waals surface area contributed by atoms with Gasteiger partial charge < -0.3 is 0 Å². The zero-order valence-corrected chi connectivity index (χ0v) is 16.3. The number of sulfone groups is 1. The highest BCUT2D eigenvalue weighted by Crippen LogP contribution is 2.26. The summed E-state index contributed by atoms with van der Waals surface area (Å²) >= 11 is 0. The van der Waals surface area contributed by atoms with Crippen molar-refractivity contribution < 1.29 is 12.8 Å². The van der Waals surface area contributed by atoms with Gasteiger partial charge in [0.25, 0.3) is 0 Å². The van der Waals surface area contributed by atoms with E-state index in [1.54, 1.807) is 6.07 Å². The molecule has 1 aliphatic heterocycles. The SMILES string of the molecule is Cl.O=S(=O)(c1ccc(F)cc1)c1cnc2c(CN3CCCC3)cccc2c1. The maximum Gasteiger partial charge on any atom is 0.208 e. The Hall–Kier alpha value is -2.02. The Balaban J connectivity index is 0.00000210. The average Bonchev–Trinajstić information content (AvgIpc) is 3.15. The predicted octanol–water partition coefficient (Wildman–Crippen LogP) is 4.22. The van der Waals surface area contributed by atoms with Gasteiger partial charge in [0.05, 0.1) is 15.3 Å². The summed E-state index contributed by atoms with van der Waals surface area (Å²) in [6.45, 7) is 3.01. The summed E-state index contributed by atoms with van der Waals surface area (Å²) in [6.07, 6.45) is 3.84. The summed E-state index contributed by atoms with van der Waals surface area (Å²) in [4.78, 5) is 7.02. The molecule has 0 spiro atoms. The Kier molecular flexibility index (Phi) is 5.79. The van der Waals surface area contributed by atoms with Crippen LogP contribution in [-0.4, -0.2) is 31.4 Å². The van der Waals surface area contributed by atoms with E-state index in [0.717, 1.165) is 48.2 Å². The molecule has 3 aromatic rings. The Morgan fingerprint density at radius 3 is 2.41 bits per heavy atom. The van der Waals surface area contributed by atoms with Crippen LogP contribution in [0.3, 0.4) is 0 Å². The first kappa shape index (κ1) is 19.7. The fourth-order valence-corrected chi connectivity index (χ4v) is 4.65. The van der Waals surface area contributed by atoms with Crippen molar-refractivity contribution in [2.75, 3.05) is 13.1 Å². The van der Waals surface area contributed by atoms with Gasteiger partial charge in [-0.1, -0.05) is 18.2 Å². The molecule has 2 aromatic carbocycles. The fraction of sp³-hybridized carbons (Fsp3) is 0.250. The third kappa shape index (κ3) is 3.98. The van der Waals surface area contributed by atoms with Gasteiger partial charge in [-0.05, 0) is 61.8 Å². The molecule has 0 atom stereocenters. The molecule has 0 aliphatic carbocycles. The lowest BCUT2D eigenvalue weighted by Crippen LogP contribution is -2.18. The number of hydrogen-bond acceptors (Lipinski definition) is 4. The first-order valence-electron chi connectivity index (χ1n) is 8.65. The molecule has 27 heavy (non-hydrogen) atoms. The maximum atomic E-state index is 13.1. The first-order chi connectivity index (χ1) is 12.5. The normalized spacial score (nSPS) is 15.0. The standard InChI is InChI=1S/C20H19FN2O2S.ClH/c21-17-6-8-18(9-7-17)26(24,25)19-12-15-4-3-5-16(20(15)22-13-19)14-23-10-1-2-11-23;/h3-9,12-13H,1-2,10-11,14H2;1H. The number of nitrogens with zero attached hydrogens (tertiary/aromatic N) is 2. The van der Waals surface area contributed by atoms with Crippen molar-refractivity contribution in [3.63, 3.8) is 0 Å². The van der Waals surface area contributed by atoms with Crippen LogP contribution >= 0.6 is 12.4 Å². The molecule has 4 rings (SSSR count). The minimum atomic E-state index is -3.72. The van der Waals surface area contributed by atoms with Crippen LogP contribution in [0, 0.1) is 5.82 Å². The van der Waals surface area contributed by atoms with E-state index in [1.165, 1.54) is 31.2 Å². The van der Waals surface area contributed by atoms with Crippen molar-refractivity contribution in [2.45, 2.75) is 29.2 Å². The Labute approximate surface area is 164 Å². The number of pyridine rings is 1. The quantitative estimate of drug-likeness (QED) is 0.608. The van der Waals surface area contributed by atoms with Crippen molar-refractivity contribution >= 4 is 33.1 Å². The lowest BCUT2D eigenvalue weighted by atomic mass is 10.1. The zero-order chi connectivity index (χ0) is 18.1. The monoisotopic (exact) mass is 406 g/mol. The number of aromatic nitrogens is 1. The van der Waals surface area contributed by atoms with E-state index in [0.29, 0.717) is 0 Å². The van der Waals surface area contributed by atoms with Crippen LogP contribution in [0.1, 0.15) is 18.4 Å². The van der Waals surface area contributed by atoms with Crippen molar-refractivity contribution in [1.82, 2.24) is 9.88 Å². The van der Waals surface area contributed by atoms with Crippen molar-refractivity contribution in [1.29, 1.82) is 0 Å². The minimum Gasteiger partial charge on any atom is -0.299 e. The van der Waals surface area contributed by atoms with Gasteiger partial charge >= 0.3 is 0 Å². The van der Waals surface area contributed by atoms with E-state index in [9.17, 15) is 12.8 Å². The average molecular weight is 407 g/mol. The third-order valence-electron chi connectivity index (χ3n) is 4.80. The van der Waals surface area contributed by atoms with E-state index < -0.39 is 15.7 Å². The number of para-hydroxylation sites is 1. The van der Waals surface area contributed by atoms with Gasteiger partial charge in [0.1, 0.15) is 5.82 Å². The molecule has 0 amide bonds. The van der Waals surface area contributed by atoms with E-state index in [-0.39, 0.29) is 22.2 Å². The van der Waals surface area contributed by atoms with Crippen LogP contribution in [0.2, 0.25) is 0 Å². The largest absolute Gasteiger partial charge is 0.299 e. The molecule has 0 radical (unpaired) electrons. The second-order valence-electron chi connectivity index (χ2n) is 6.60. The summed E-state index contributed by atoms with van der Waals surface area (Å²) in [5, 5.41) is 0.796. The number of likely N-dealkylation sites (tertiary alicyclic amines) is 1. The van der Waals surface area contributed by atoms with Crippen LogP contribution in [0.15, 0.2) is 64.5 Å². The molecule has 1 saturated heterocycles. The first-order valence-corrected chi connectivity index (χ1v) is 10.1. The summed E-state index contributed by atoms with van der Waals surface area (Å²) in [5.41, 5.74) is 1.94. The fourth-order valence-electron chi connectivity index (χ4n) is 3.41. The molecule has 1 aliphatic rings. The number of rotatable bonds is 4. The topological polar surface area (TPSA) is 50.3 Å². The Morgan fingerprint density at radius 2 is 1.70 bits per heavy atom. The number of hydrogen-bond donors (Lipinski definition) is 0. The summed E-state index contributed by atoms with van der Waals surface area (Å²) in [7, 11) is -3.72. The second-order valence-corrected chi connectivity index (χ2v) is 8.55. The molecule has 1 fully saturated rings. The van der Waals surface area contributed by atoms with Gasteiger partial charge in [-0.3, -0.25) is 9.88 Å². The van der Waals surface area contributed by atoms with Crippen LogP contribution in [0.5, 0.6) is 0 Å². The highest BCUT2D eigenvalue weighted by Gasteiger charge is 2.20.